The third kappa shape index (κ3) is 3.54. The molecule has 0 unspecified atom stereocenters. The molecule has 0 amide bonds. The lowest BCUT2D eigenvalue weighted by molar-refractivity contribution is -0.140. The lowest BCUT2D eigenvalue weighted by Gasteiger charge is -2.32. The molecule has 9 heteroatoms. The van der Waals surface area contributed by atoms with Gasteiger partial charge < -0.3 is 10.2 Å². The number of nitrogens with zero attached hydrogens (tertiary/aromatic N) is 4. The van der Waals surface area contributed by atoms with Crippen LogP contribution in [0.1, 0.15) is 29.5 Å². The lowest BCUT2D eigenvalue weighted by Crippen LogP contribution is -2.33. The Morgan fingerprint density at radius 2 is 2.00 bits per heavy atom. The number of rotatable bonds is 3. The summed E-state index contributed by atoms with van der Waals surface area (Å²) in [5, 5.41) is 4.65. The fourth-order valence-corrected chi connectivity index (χ4v) is 3.62. The summed E-state index contributed by atoms with van der Waals surface area (Å²) >= 11 is 1.10. The van der Waals surface area contributed by atoms with E-state index in [1.54, 1.807) is 7.05 Å². The molecule has 0 aromatic carbocycles. The SMILES string of the molecule is CNc1cc(N2CCC(c3nc(C(F)(F)F)cs3)CC2)ncn1. The highest BCUT2D eigenvalue weighted by molar-refractivity contribution is 7.09. The van der Waals surface area contributed by atoms with Crippen molar-refractivity contribution in [1.29, 1.82) is 0 Å². The highest BCUT2D eigenvalue weighted by atomic mass is 32.1. The number of anilines is 2. The van der Waals surface area contributed by atoms with Crippen LogP contribution < -0.4 is 10.2 Å². The van der Waals surface area contributed by atoms with Crippen molar-refractivity contribution in [2.24, 2.45) is 0 Å². The normalized spacial score (nSPS) is 16.6. The number of hydrogen-bond acceptors (Lipinski definition) is 6. The Kier molecular flexibility index (Phi) is 4.38. The molecule has 5 nitrogen and oxygen atoms in total. The van der Waals surface area contributed by atoms with E-state index in [9.17, 15) is 13.2 Å². The molecular weight excluding hydrogens is 327 g/mol. The quantitative estimate of drug-likeness (QED) is 0.926. The van der Waals surface area contributed by atoms with Crippen molar-refractivity contribution in [3.63, 3.8) is 0 Å². The van der Waals surface area contributed by atoms with Gasteiger partial charge in [-0.3, -0.25) is 0 Å². The molecule has 3 rings (SSSR count). The van der Waals surface area contributed by atoms with Crippen molar-refractivity contribution >= 4 is 23.0 Å². The van der Waals surface area contributed by atoms with Crippen LogP contribution in [-0.4, -0.2) is 35.1 Å². The molecule has 0 aliphatic carbocycles. The van der Waals surface area contributed by atoms with Gasteiger partial charge in [-0.05, 0) is 12.8 Å². The second-order valence-corrected chi connectivity index (χ2v) is 6.23. The van der Waals surface area contributed by atoms with Gasteiger partial charge in [0.1, 0.15) is 18.0 Å². The van der Waals surface area contributed by atoms with Crippen LogP contribution in [0, 0.1) is 0 Å². The maximum absolute atomic E-state index is 12.6. The van der Waals surface area contributed by atoms with Crippen LogP contribution in [0.25, 0.3) is 0 Å². The lowest BCUT2D eigenvalue weighted by atomic mass is 9.97. The minimum atomic E-state index is -4.36. The molecule has 0 spiro atoms. The molecule has 1 fully saturated rings. The van der Waals surface area contributed by atoms with E-state index in [-0.39, 0.29) is 5.92 Å². The van der Waals surface area contributed by atoms with Crippen LogP contribution in [0.5, 0.6) is 0 Å². The number of alkyl halides is 3. The summed E-state index contributed by atoms with van der Waals surface area (Å²) in [6.07, 6.45) is -1.32. The fraction of sp³-hybridized carbons (Fsp3) is 0.500. The fourth-order valence-electron chi connectivity index (χ4n) is 2.62. The molecule has 0 atom stereocenters. The number of piperidine rings is 1. The Hall–Kier alpha value is -1.90. The molecule has 1 N–H and O–H groups in total. The zero-order valence-corrected chi connectivity index (χ0v) is 13.3. The summed E-state index contributed by atoms with van der Waals surface area (Å²) in [5.74, 6) is 1.66. The summed E-state index contributed by atoms with van der Waals surface area (Å²) in [6.45, 7) is 1.48. The molecule has 2 aromatic heterocycles. The average molecular weight is 343 g/mol. The van der Waals surface area contributed by atoms with Gasteiger partial charge in [0.2, 0.25) is 0 Å². The molecule has 23 heavy (non-hydrogen) atoms. The van der Waals surface area contributed by atoms with E-state index in [4.69, 9.17) is 0 Å². The van der Waals surface area contributed by atoms with E-state index in [0.717, 1.165) is 54.3 Å². The van der Waals surface area contributed by atoms with Gasteiger partial charge >= 0.3 is 6.18 Å². The van der Waals surface area contributed by atoms with E-state index in [1.807, 2.05) is 6.07 Å². The zero-order valence-electron chi connectivity index (χ0n) is 12.5. The van der Waals surface area contributed by atoms with E-state index < -0.39 is 11.9 Å². The highest BCUT2D eigenvalue weighted by Crippen LogP contribution is 2.36. The van der Waals surface area contributed by atoms with Crippen LogP contribution in [0.3, 0.4) is 0 Å². The Labute approximate surface area is 135 Å². The van der Waals surface area contributed by atoms with Crippen LogP contribution in [0.4, 0.5) is 24.8 Å². The van der Waals surface area contributed by atoms with Gasteiger partial charge in [0, 0.05) is 37.5 Å². The molecule has 0 radical (unpaired) electrons. The number of aromatic nitrogens is 3. The van der Waals surface area contributed by atoms with Crippen LogP contribution in [-0.2, 0) is 6.18 Å². The summed E-state index contributed by atoms with van der Waals surface area (Å²) in [7, 11) is 1.79. The van der Waals surface area contributed by atoms with Crippen molar-refractivity contribution < 1.29 is 13.2 Å². The summed E-state index contributed by atoms with van der Waals surface area (Å²) in [4.78, 5) is 14.2. The number of halogens is 3. The van der Waals surface area contributed by atoms with Crippen LogP contribution in [0.2, 0.25) is 0 Å². The Morgan fingerprint density at radius 1 is 1.26 bits per heavy atom. The van der Waals surface area contributed by atoms with Gasteiger partial charge in [0.15, 0.2) is 5.69 Å². The molecule has 124 valence electrons. The van der Waals surface area contributed by atoms with E-state index in [1.165, 1.54) is 6.33 Å². The first kappa shape index (κ1) is 16.0. The van der Waals surface area contributed by atoms with Gasteiger partial charge in [-0.15, -0.1) is 11.3 Å². The smallest absolute Gasteiger partial charge is 0.373 e. The number of nitrogens with one attached hydrogen (secondary N) is 1. The van der Waals surface area contributed by atoms with Gasteiger partial charge in [-0.1, -0.05) is 0 Å². The van der Waals surface area contributed by atoms with Crippen molar-refractivity contribution in [3.05, 3.63) is 28.5 Å². The zero-order chi connectivity index (χ0) is 16.4. The molecule has 0 bridgehead atoms. The monoisotopic (exact) mass is 343 g/mol. The first-order chi connectivity index (χ1) is 11.0. The Balaban J connectivity index is 1.65. The first-order valence-corrected chi connectivity index (χ1v) is 8.12. The minimum Gasteiger partial charge on any atom is -0.373 e. The topological polar surface area (TPSA) is 53.9 Å². The number of thiazole rings is 1. The van der Waals surface area contributed by atoms with Gasteiger partial charge in [0.05, 0.1) is 5.01 Å². The molecule has 1 aliphatic rings. The van der Waals surface area contributed by atoms with Crippen molar-refractivity contribution in [1.82, 2.24) is 15.0 Å². The molecule has 1 saturated heterocycles. The Morgan fingerprint density at radius 3 is 2.61 bits per heavy atom. The van der Waals surface area contributed by atoms with Gasteiger partial charge in [-0.25, -0.2) is 15.0 Å². The molecular formula is C14H16F3N5S. The predicted octanol–water partition coefficient (Wildman–Crippen LogP) is 3.38. The third-order valence-electron chi connectivity index (χ3n) is 3.89. The maximum Gasteiger partial charge on any atom is 0.434 e. The third-order valence-corrected chi connectivity index (χ3v) is 4.90. The van der Waals surface area contributed by atoms with E-state index in [2.05, 4.69) is 25.2 Å². The maximum atomic E-state index is 12.6. The second-order valence-electron chi connectivity index (χ2n) is 5.34. The summed E-state index contributed by atoms with van der Waals surface area (Å²) in [6, 6.07) is 1.87. The van der Waals surface area contributed by atoms with Crippen LogP contribution >= 0.6 is 11.3 Å². The second kappa shape index (κ2) is 6.31. The van der Waals surface area contributed by atoms with Crippen LogP contribution in [0.15, 0.2) is 17.8 Å². The largest absolute Gasteiger partial charge is 0.434 e. The average Bonchev–Trinajstić information content (AvgIpc) is 3.05. The summed E-state index contributed by atoms with van der Waals surface area (Å²) < 4.78 is 37.9. The van der Waals surface area contributed by atoms with E-state index in [0.29, 0.717) is 5.01 Å². The van der Waals surface area contributed by atoms with Gasteiger partial charge in [-0.2, -0.15) is 13.2 Å². The molecule has 0 saturated carbocycles. The molecule has 2 aromatic rings. The number of hydrogen-bond donors (Lipinski definition) is 1. The minimum absolute atomic E-state index is 0.0814. The van der Waals surface area contributed by atoms with Gasteiger partial charge in [0.25, 0.3) is 0 Å². The molecule has 3 heterocycles. The summed E-state index contributed by atoms with van der Waals surface area (Å²) in [5.41, 5.74) is -0.783. The van der Waals surface area contributed by atoms with Crippen molar-refractivity contribution in [2.75, 3.05) is 30.4 Å². The highest BCUT2D eigenvalue weighted by Gasteiger charge is 2.35. The standard InChI is InChI=1S/C14H16F3N5S/c1-18-11-6-12(20-8-19-11)22-4-2-9(3-5-22)13-21-10(7-23-13)14(15,16)17/h6-9H,2-5H2,1H3,(H,18,19,20). The Bertz CT molecular complexity index is 664. The first-order valence-electron chi connectivity index (χ1n) is 7.24. The molecule has 1 aliphatic heterocycles. The van der Waals surface area contributed by atoms with Crippen molar-refractivity contribution in [2.45, 2.75) is 24.9 Å². The predicted molar refractivity (Wildman–Crippen MR) is 82.9 cm³/mol. The van der Waals surface area contributed by atoms with E-state index >= 15 is 0 Å². The van der Waals surface area contributed by atoms with Crippen molar-refractivity contribution in [3.8, 4) is 0 Å².